The molecule has 1 N–H and O–H groups in total. The zero-order valence-corrected chi connectivity index (χ0v) is 28.0. The van der Waals surface area contributed by atoms with Crippen LogP contribution in [-0.4, -0.2) is 82.2 Å². The topological polar surface area (TPSA) is 149 Å². The number of carbonyl (C=O) groups excluding carboxylic acids is 4. The summed E-state index contributed by atoms with van der Waals surface area (Å²) >= 11 is 0. The van der Waals surface area contributed by atoms with Crippen LogP contribution in [0.4, 0.5) is 0 Å². The van der Waals surface area contributed by atoms with Crippen LogP contribution in [0.25, 0.3) is 0 Å². The van der Waals surface area contributed by atoms with Crippen LogP contribution < -0.4 is 14.8 Å². The second-order valence-electron chi connectivity index (χ2n) is 12.3. The maximum Gasteiger partial charge on any atom is 0.332 e. The fraction of sp³-hybridized carbons (Fsp3) is 0.531. The van der Waals surface area contributed by atoms with E-state index in [1.54, 1.807) is 13.8 Å². The number of hydrogen-bond acceptors (Lipinski definition) is 11. The number of aromatic nitrogens is 1. The third-order valence-corrected chi connectivity index (χ3v) is 8.76. The van der Waals surface area contributed by atoms with Crippen LogP contribution in [0.2, 0.25) is 25.7 Å². The van der Waals surface area contributed by atoms with Crippen molar-refractivity contribution in [3.05, 3.63) is 53.9 Å². The Labute approximate surface area is 265 Å². The first kappa shape index (κ1) is 35.5. The highest BCUT2D eigenvalue weighted by molar-refractivity contribution is 6.76. The highest BCUT2D eigenvalue weighted by Gasteiger charge is 2.42. The van der Waals surface area contributed by atoms with Crippen LogP contribution in [-0.2, 0) is 39.8 Å². The summed E-state index contributed by atoms with van der Waals surface area (Å²) in [4.78, 5) is 57.0. The lowest BCUT2D eigenvalue weighted by molar-refractivity contribution is -0.176. The number of cyclic esters (lactones) is 2. The van der Waals surface area contributed by atoms with Crippen LogP contribution in [0.1, 0.15) is 36.8 Å². The van der Waals surface area contributed by atoms with Gasteiger partial charge in [-0.15, -0.1) is 0 Å². The monoisotopic (exact) mass is 644 g/mol. The zero-order valence-electron chi connectivity index (χ0n) is 27.0. The van der Waals surface area contributed by atoms with Crippen molar-refractivity contribution in [1.29, 1.82) is 0 Å². The molecular formula is C32H44N2O10Si. The molecule has 1 fully saturated rings. The second-order valence-corrected chi connectivity index (χ2v) is 17.9. The fourth-order valence-corrected chi connectivity index (χ4v) is 5.16. The van der Waals surface area contributed by atoms with Crippen LogP contribution in [0.3, 0.4) is 0 Å². The quantitative estimate of drug-likeness (QED) is 0.112. The maximum atomic E-state index is 13.5. The van der Waals surface area contributed by atoms with Gasteiger partial charge in [0, 0.05) is 26.9 Å². The van der Waals surface area contributed by atoms with E-state index in [1.165, 1.54) is 26.3 Å². The number of ether oxygens (including phenoxy) is 6. The zero-order chi connectivity index (χ0) is 33.1. The fourth-order valence-electron chi connectivity index (χ4n) is 4.41. The molecule has 0 aliphatic carbocycles. The van der Waals surface area contributed by atoms with Gasteiger partial charge in [-0.05, 0) is 25.0 Å². The van der Waals surface area contributed by atoms with Crippen molar-refractivity contribution in [1.82, 2.24) is 10.3 Å². The van der Waals surface area contributed by atoms with Crippen molar-refractivity contribution in [2.24, 2.45) is 11.8 Å². The number of amides is 1. The van der Waals surface area contributed by atoms with E-state index in [4.69, 9.17) is 28.4 Å². The minimum Gasteiger partial charge on any atom is -0.493 e. The molecule has 0 saturated carbocycles. The molecule has 4 atom stereocenters. The smallest absolute Gasteiger partial charge is 0.332 e. The Morgan fingerprint density at radius 2 is 1.80 bits per heavy atom. The van der Waals surface area contributed by atoms with Crippen LogP contribution in [0.15, 0.2) is 42.6 Å². The number of nitrogens with one attached hydrogen (secondary N) is 1. The molecule has 13 heteroatoms. The minimum absolute atomic E-state index is 0.0240. The van der Waals surface area contributed by atoms with Crippen molar-refractivity contribution in [2.75, 3.05) is 27.1 Å². The van der Waals surface area contributed by atoms with Gasteiger partial charge in [-0.3, -0.25) is 14.4 Å². The van der Waals surface area contributed by atoms with Gasteiger partial charge < -0.3 is 33.7 Å². The first-order valence-corrected chi connectivity index (χ1v) is 18.7. The predicted octanol–water partition coefficient (Wildman–Crippen LogP) is 3.79. The molecule has 1 unspecified atom stereocenters. The molecule has 1 saturated heterocycles. The van der Waals surface area contributed by atoms with E-state index in [9.17, 15) is 19.2 Å². The number of benzene rings is 1. The molecule has 45 heavy (non-hydrogen) atoms. The Hall–Kier alpha value is -3.97. The number of rotatable bonds is 13. The van der Waals surface area contributed by atoms with Crippen molar-refractivity contribution in [3.63, 3.8) is 0 Å². The number of carbonyl (C=O) groups is 4. The van der Waals surface area contributed by atoms with Crippen LogP contribution >= 0.6 is 0 Å². The van der Waals surface area contributed by atoms with E-state index in [2.05, 4.69) is 29.9 Å². The van der Waals surface area contributed by atoms with Gasteiger partial charge in [0.1, 0.15) is 18.6 Å². The van der Waals surface area contributed by atoms with Gasteiger partial charge in [-0.1, -0.05) is 63.8 Å². The van der Waals surface area contributed by atoms with Gasteiger partial charge in [-0.25, -0.2) is 9.78 Å². The summed E-state index contributed by atoms with van der Waals surface area (Å²) in [5, 5.41) is 2.54. The molecule has 2 heterocycles. The molecule has 12 nitrogen and oxygen atoms in total. The number of esters is 3. The molecule has 0 spiro atoms. The van der Waals surface area contributed by atoms with Gasteiger partial charge in [0.05, 0.1) is 13.0 Å². The maximum absolute atomic E-state index is 13.5. The molecular weight excluding hydrogens is 600 g/mol. The highest BCUT2D eigenvalue weighted by Crippen LogP contribution is 2.30. The SMILES string of the molecule is COc1ccnc(C(=O)N[C@H]2COC(=O)[C@H](Cc3ccccc3)C(OC(=O)C(C)C)[C@H](C)OC2=O)c1OCOCC[Si](C)(C)C. The van der Waals surface area contributed by atoms with E-state index < -0.39 is 68.6 Å². The normalized spacial score (nSPS) is 20.6. The van der Waals surface area contributed by atoms with Gasteiger partial charge in [0.2, 0.25) is 0 Å². The molecule has 3 rings (SSSR count). The second kappa shape index (κ2) is 16.4. The van der Waals surface area contributed by atoms with Crippen molar-refractivity contribution in [3.8, 4) is 11.5 Å². The van der Waals surface area contributed by atoms with Gasteiger partial charge >= 0.3 is 17.9 Å². The molecule has 1 amide bonds. The summed E-state index contributed by atoms with van der Waals surface area (Å²) in [5.41, 5.74) is 0.634. The standard InChI is InChI=1S/C32H44N2O10Si/c1-20(2)30(36)44-27-21(3)43-32(38)24(18-41-31(37)23(27)17-22-11-9-8-10-12-22)34-29(35)26-28(25(39-4)13-14-33-26)42-19-40-15-16-45(5,6)7/h8-14,20-21,23-24,27H,15-19H2,1-7H3,(H,34,35)/t21-,23+,24-,27?/m0/s1. The number of methoxy groups -OCH3 is 1. The highest BCUT2D eigenvalue weighted by atomic mass is 28.3. The van der Waals surface area contributed by atoms with E-state index in [0.29, 0.717) is 6.61 Å². The summed E-state index contributed by atoms with van der Waals surface area (Å²) in [6.45, 7) is 11.4. The molecule has 0 bridgehead atoms. The summed E-state index contributed by atoms with van der Waals surface area (Å²) in [6, 6.07) is 10.2. The Morgan fingerprint density at radius 3 is 2.44 bits per heavy atom. The van der Waals surface area contributed by atoms with Crippen LogP contribution in [0, 0.1) is 11.8 Å². The average molecular weight is 645 g/mol. The summed E-state index contributed by atoms with van der Waals surface area (Å²) in [5.74, 6) is -4.14. The Balaban J connectivity index is 1.81. The molecule has 1 aliphatic rings. The molecule has 1 aliphatic heterocycles. The number of pyridine rings is 1. The van der Waals surface area contributed by atoms with Crippen molar-refractivity contribution < 1.29 is 47.6 Å². The van der Waals surface area contributed by atoms with Gasteiger partial charge in [-0.2, -0.15) is 0 Å². The lowest BCUT2D eigenvalue weighted by Gasteiger charge is -2.29. The molecule has 0 radical (unpaired) electrons. The lowest BCUT2D eigenvalue weighted by Crippen LogP contribution is -2.47. The largest absolute Gasteiger partial charge is 0.493 e. The lowest BCUT2D eigenvalue weighted by atomic mass is 9.91. The van der Waals surface area contributed by atoms with Gasteiger partial charge in [0.25, 0.3) is 5.91 Å². The van der Waals surface area contributed by atoms with Crippen LogP contribution in [0.5, 0.6) is 11.5 Å². The Kier molecular flexibility index (Phi) is 12.9. The van der Waals surface area contributed by atoms with E-state index in [0.717, 1.165) is 11.6 Å². The summed E-state index contributed by atoms with van der Waals surface area (Å²) < 4.78 is 33.6. The number of hydrogen-bond donors (Lipinski definition) is 1. The Bertz CT molecular complexity index is 1310. The van der Waals surface area contributed by atoms with Gasteiger partial charge in [0.15, 0.2) is 36.1 Å². The third kappa shape index (κ3) is 10.6. The molecule has 1 aromatic heterocycles. The first-order valence-electron chi connectivity index (χ1n) is 15.0. The van der Waals surface area contributed by atoms with E-state index in [1.807, 2.05) is 30.3 Å². The van der Waals surface area contributed by atoms with E-state index >= 15 is 0 Å². The van der Waals surface area contributed by atoms with Crippen molar-refractivity contribution >= 4 is 31.9 Å². The molecule has 2 aromatic rings. The predicted molar refractivity (Wildman–Crippen MR) is 167 cm³/mol. The average Bonchev–Trinajstić information content (AvgIpc) is 3.02. The molecule has 1 aromatic carbocycles. The summed E-state index contributed by atoms with van der Waals surface area (Å²) in [7, 11) is 0.104. The molecule has 246 valence electrons. The number of nitrogens with zero attached hydrogens (tertiary/aromatic N) is 1. The summed E-state index contributed by atoms with van der Waals surface area (Å²) in [6.07, 6.45) is -0.644. The van der Waals surface area contributed by atoms with Crippen molar-refractivity contribution in [2.45, 2.75) is 71.1 Å². The first-order chi connectivity index (χ1) is 21.3. The van der Waals surface area contributed by atoms with E-state index in [-0.39, 0.29) is 30.4 Å². The Morgan fingerprint density at radius 1 is 1.09 bits per heavy atom. The minimum atomic E-state index is -1.39. The third-order valence-electron chi connectivity index (χ3n) is 7.05.